The molecule has 29 heavy (non-hydrogen) atoms. The Morgan fingerprint density at radius 2 is 1.69 bits per heavy atom. The highest BCUT2D eigenvalue weighted by Crippen LogP contribution is 2.29. The molecule has 0 aromatic heterocycles. The van der Waals surface area contributed by atoms with Crippen LogP contribution >= 0.6 is 0 Å². The number of carbonyl (C=O) groups is 1. The third-order valence-electron chi connectivity index (χ3n) is 4.15. The summed E-state index contributed by atoms with van der Waals surface area (Å²) in [6, 6.07) is 10.8. The summed E-state index contributed by atoms with van der Waals surface area (Å²) >= 11 is 0. The fourth-order valence-electron chi connectivity index (χ4n) is 2.67. The van der Waals surface area contributed by atoms with Crippen LogP contribution in [0.4, 0.5) is 0 Å². The second-order valence-corrected chi connectivity index (χ2v) is 7.89. The van der Waals surface area contributed by atoms with Crippen molar-refractivity contribution in [1.82, 2.24) is 10.0 Å². The first kappa shape index (κ1) is 22.5. The molecule has 158 valence electrons. The van der Waals surface area contributed by atoms with Crippen molar-refractivity contribution in [3.05, 3.63) is 48.0 Å². The lowest BCUT2D eigenvalue weighted by Crippen LogP contribution is -2.38. The Bertz CT molecular complexity index is 928. The quantitative estimate of drug-likeness (QED) is 0.609. The van der Waals surface area contributed by atoms with Crippen molar-refractivity contribution in [3.63, 3.8) is 0 Å². The number of ether oxygens (including phenoxy) is 3. The van der Waals surface area contributed by atoms with Gasteiger partial charge in [-0.2, -0.15) is 0 Å². The van der Waals surface area contributed by atoms with Gasteiger partial charge in [-0.15, -0.1) is 0 Å². The van der Waals surface area contributed by atoms with Crippen LogP contribution < -0.4 is 24.2 Å². The second-order valence-electron chi connectivity index (χ2n) is 6.13. The van der Waals surface area contributed by atoms with Gasteiger partial charge in [0.05, 0.1) is 38.3 Å². The molecule has 2 rings (SSSR count). The second kappa shape index (κ2) is 10.1. The first-order valence-electron chi connectivity index (χ1n) is 9.04. The Balaban J connectivity index is 2.00. The van der Waals surface area contributed by atoms with E-state index >= 15 is 0 Å². The summed E-state index contributed by atoms with van der Waals surface area (Å²) in [6.45, 7) is 3.70. The van der Waals surface area contributed by atoms with Crippen LogP contribution in [-0.4, -0.2) is 41.7 Å². The van der Waals surface area contributed by atoms with Crippen LogP contribution in [0.3, 0.4) is 0 Å². The van der Waals surface area contributed by atoms with Crippen molar-refractivity contribution in [2.75, 3.05) is 27.4 Å². The third kappa shape index (κ3) is 6.10. The number of sulfonamides is 1. The van der Waals surface area contributed by atoms with Gasteiger partial charge in [0.1, 0.15) is 17.2 Å². The van der Waals surface area contributed by atoms with Gasteiger partial charge in [-0.25, -0.2) is 13.1 Å². The molecular weight excluding hydrogens is 396 g/mol. The summed E-state index contributed by atoms with van der Waals surface area (Å²) in [6.07, 6.45) is 0. The van der Waals surface area contributed by atoms with Gasteiger partial charge in [-0.1, -0.05) is 0 Å². The molecule has 0 radical (unpaired) electrons. The molecule has 8 nitrogen and oxygen atoms in total. The van der Waals surface area contributed by atoms with Crippen molar-refractivity contribution in [2.24, 2.45) is 0 Å². The zero-order chi connectivity index (χ0) is 21.4. The average Bonchev–Trinajstić information content (AvgIpc) is 2.72. The number of hydrogen-bond acceptors (Lipinski definition) is 6. The van der Waals surface area contributed by atoms with Crippen LogP contribution in [0, 0.1) is 0 Å². The van der Waals surface area contributed by atoms with Crippen LogP contribution in [0.25, 0.3) is 0 Å². The molecule has 0 aliphatic carbocycles. The van der Waals surface area contributed by atoms with Gasteiger partial charge < -0.3 is 19.5 Å². The van der Waals surface area contributed by atoms with Gasteiger partial charge in [0.15, 0.2) is 0 Å². The Hall–Kier alpha value is -2.78. The third-order valence-corrected chi connectivity index (χ3v) is 5.57. The van der Waals surface area contributed by atoms with E-state index in [1.54, 1.807) is 44.4 Å². The molecule has 0 saturated heterocycles. The number of methoxy groups -OCH3 is 2. The first-order valence-corrected chi connectivity index (χ1v) is 10.5. The van der Waals surface area contributed by atoms with Crippen LogP contribution in [0.1, 0.15) is 25.5 Å². The molecule has 0 saturated carbocycles. The molecule has 0 fully saturated rings. The first-order chi connectivity index (χ1) is 13.8. The lowest BCUT2D eigenvalue weighted by molar-refractivity contribution is -0.120. The Morgan fingerprint density at radius 1 is 1.03 bits per heavy atom. The Kier molecular flexibility index (Phi) is 7.86. The van der Waals surface area contributed by atoms with Gasteiger partial charge in [0, 0.05) is 5.56 Å². The zero-order valence-electron chi connectivity index (χ0n) is 16.9. The van der Waals surface area contributed by atoms with E-state index in [1.165, 1.54) is 19.2 Å². The van der Waals surface area contributed by atoms with Crippen LogP contribution in [-0.2, 0) is 14.8 Å². The SMILES string of the molecule is CCOc1ccc(S(=O)(=O)NCC(=O)N[C@H](C)c2cc(OC)ccc2OC)cc1. The van der Waals surface area contributed by atoms with E-state index in [-0.39, 0.29) is 4.90 Å². The number of hydrogen-bond donors (Lipinski definition) is 2. The summed E-state index contributed by atoms with van der Waals surface area (Å²) in [4.78, 5) is 12.3. The van der Waals surface area contributed by atoms with E-state index < -0.39 is 28.5 Å². The maximum Gasteiger partial charge on any atom is 0.241 e. The molecular formula is C20H26N2O6S. The van der Waals surface area contributed by atoms with Gasteiger partial charge >= 0.3 is 0 Å². The summed E-state index contributed by atoms with van der Waals surface area (Å²) in [5, 5.41) is 2.75. The van der Waals surface area contributed by atoms with Gasteiger partial charge in [-0.3, -0.25) is 4.79 Å². The Labute approximate surface area is 171 Å². The van der Waals surface area contributed by atoms with E-state index in [9.17, 15) is 13.2 Å². The van der Waals surface area contributed by atoms with Crippen molar-refractivity contribution >= 4 is 15.9 Å². The fraction of sp³-hybridized carbons (Fsp3) is 0.350. The number of nitrogens with one attached hydrogen (secondary N) is 2. The minimum absolute atomic E-state index is 0.0521. The summed E-state index contributed by atoms with van der Waals surface area (Å²) in [5.74, 6) is 1.31. The van der Waals surface area contributed by atoms with E-state index in [1.807, 2.05) is 6.92 Å². The van der Waals surface area contributed by atoms with Crippen molar-refractivity contribution < 1.29 is 27.4 Å². The summed E-state index contributed by atoms with van der Waals surface area (Å²) < 4.78 is 42.9. The molecule has 1 amide bonds. The Morgan fingerprint density at radius 3 is 2.28 bits per heavy atom. The molecule has 0 heterocycles. The average molecular weight is 423 g/mol. The van der Waals surface area contributed by atoms with Gasteiger partial charge in [0.2, 0.25) is 15.9 Å². The van der Waals surface area contributed by atoms with Crippen molar-refractivity contribution in [1.29, 1.82) is 0 Å². The highest BCUT2D eigenvalue weighted by molar-refractivity contribution is 7.89. The highest BCUT2D eigenvalue weighted by Gasteiger charge is 2.18. The van der Waals surface area contributed by atoms with E-state index in [0.29, 0.717) is 23.9 Å². The van der Waals surface area contributed by atoms with E-state index in [2.05, 4.69) is 10.0 Å². The predicted molar refractivity (Wildman–Crippen MR) is 109 cm³/mol. The van der Waals surface area contributed by atoms with Crippen molar-refractivity contribution in [3.8, 4) is 17.2 Å². The minimum Gasteiger partial charge on any atom is -0.497 e. The monoisotopic (exact) mass is 422 g/mol. The molecule has 0 aliphatic heterocycles. The van der Waals surface area contributed by atoms with Crippen molar-refractivity contribution in [2.45, 2.75) is 24.8 Å². The molecule has 0 bridgehead atoms. The summed E-state index contributed by atoms with van der Waals surface area (Å²) in [7, 11) is -0.743. The van der Waals surface area contributed by atoms with Gasteiger partial charge in [0.25, 0.3) is 0 Å². The zero-order valence-corrected chi connectivity index (χ0v) is 17.7. The molecule has 1 atom stereocenters. The molecule has 9 heteroatoms. The molecule has 0 unspecified atom stereocenters. The lowest BCUT2D eigenvalue weighted by Gasteiger charge is -2.18. The molecule has 0 aliphatic rings. The number of benzene rings is 2. The largest absolute Gasteiger partial charge is 0.497 e. The van der Waals surface area contributed by atoms with Gasteiger partial charge in [-0.05, 0) is 56.3 Å². The molecule has 2 aromatic rings. The highest BCUT2D eigenvalue weighted by atomic mass is 32.2. The lowest BCUT2D eigenvalue weighted by atomic mass is 10.1. The fourth-order valence-corrected chi connectivity index (χ4v) is 3.66. The van der Waals surface area contributed by atoms with E-state index in [0.717, 1.165) is 5.56 Å². The number of amides is 1. The molecule has 2 aromatic carbocycles. The number of carbonyl (C=O) groups excluding carboxylic acids is 1. The van der Waals surface area contributed by atoms with Crippen LogP contribution in [0.2, 0.25) is 0 Å². The summed E-state index contributed by atoms with van der Waals surface area (Å²) in [5.41, 5.74) is 0.717. The normalized spacial score (nSPS) is 12.1. The van der Waals surface area contributed by atoms with Crippen LogP contribution in [0.15, 0.2) is 47.4 Å². The van der Waals surface area contributed by atoms with Crippen LogP contribution in [0.5, 0.6) is 17.2 Å². The maximum atomic E-state index is 12.4. The standard InChI is InChI=1S/C20H26N2O6S/c1-5-28-15-6-9-17(10-7-15)29(24,25)21-13-20(23)22-14(2)18-12-16(26-3)8-11-19(18)27-4/h6-12,14,21H,5,13H2,1-4H3,(H,22,23)/t14-/m1/s1. The molecule has 0 spiro atoms. The van der Waals surface area contributed by atoms with E-state index in [4.69, 9.17) is 14.2 Å². The maximum absolute atomic E-state index is 12.4. The topological polar surface area (TPSA) is 103 Å². The number of rotatable bonds is 10. The smallest absolute Gasteiger partial charge is 0.241 e. The molecule has 2 N–H and O–H groups in total. The minimum atomic E-state index is -3.82. The predicted octanol–water partition coefficient (Wildman–Crippen LogP) is 2.26.